The van der Waals surface area contributed by atoms with Crippen LogP contribution in [0.3, 0.4) is 0 Å². The molecule has 0 unspecified atom stereocenters. The normalized spacial score (nSPS) is 11.4. The molecule has 4 aromatic rings. The number of nitrogens with zero attached hydrogens (tertiary/aromatic N) is 4. The fourth-order valence-corrected chi connectivity index (χ4v) is 5.01. The van der Waals surface area contributed by atoms with Gasteiger partial charge in [-0.25, -0.2) is 23.1 Å². The summed E-state index contributed by atoms with van der Waals surface area (Å²) in [5.74, 6) is 1.37. The number of aromatic nitrogens is 4. The van der Waals surface area contributed by atoms with Gasteiger partial charge in [0.15, 0.2) is 5.82 Å². The fraction of sp³-hybridized carbons (Fsp3) is 0.136. The average Bonchev–Trinajstić information content (AvgIpc) is 3.10. The Balaban J connectivity index is 1.51. The molecule has 0 aliphatic carbocycles. The predicted molar refractivity (Wildman–Crippen MR) is 127 cm³/mol. The maximum Gasteiger partial charge on any atom is 0.263 e. The monoisotopic (exact) mass is 503 g/mol. The highest BCUT2D eigenvalue weighted by Gasteiger charge is 2.19. The maximum absolute atomic E-state index is 12.8. The van der Waals surface area contributed by atoms with Crippen LogP contribution in [0.1, 0.15) is 17.0 Å². The lowest BCUT2D eigenvalue weighted by Crippen LogP contribution is -2.13. The Bertz CT molecular complexity index is 1440. The van der Waals surface area contributed by atoms with Crippen molar-refractivity contribution < 1.29 is 13.2 Å². The molecular weight excluding hydrogens is 485 g/mol. The summed E-state index contributed by atoms with van der Waals surface area (Å²) in [6, 6.07) is 12.8. The van der Waals surface area contributed by atoms with Crippen LogP contribution in [0.15, 0.2) is 59.8 Å². The first-order chi connectivity index (χ1) is 15.6. The molecule has 33 heavy (non-hydrogen) atoms. The van der Waals surface area contributed by atoms with Crippen LogP contribution in [-0.2, 0) is 10.0 Å². The maximum atomic E-state index is 12.8. The molecule has 0 radical (unpaired) electrons. The van der Waals surface area contributed by atoms with Gasteiger partial charge in [-0.1, -0.05) is 23.2 Å². The van der Waals surface area contributed by atoms with Crippen LogP contribution in [0.25, 0.3) is 5.82 Å². The summed E-state index contributed by atoms with van der Waals surface area (Å²) in [4.78, 5) is 8.32. The molecule has 0 saturated heterocycles. The van der Waals surface area contributed by atoms with Crippen molar-refractivity contribution in [3.8, 4) is 17.4 Å². The van der Waals surface area contributed by atoms with Gasteiger partial charge in [0.1, 0.15) is 17.0 Å². The van der Waals surface area contributed by atoms with Gasteiger partial charge in [0.25, 0.3) is 10.0 Å². The zero-order chi connectivity index (χ0) is 23.8. The molecule has 1 N–H and O–H groups in total. The number of sulfonamides is 1. The van der Waals surface area contributed by atoms with E-state index in [9.17, 15) is 8.42 Å². The van der Waals surface area contributed by atoms with Gasteiger partial charge >= 0.3 is 0 Å². The Morgan fingerprint density at radius 3 is 2.33 bits per heavy atom. The Kier molecular flexibility index (Phi) is 6.29. The van der Waals surface area contributed by atoms with Gasteiger partial charge in [-0.3, -0.25) is 4.72 Å². The number of halogens is 2. The Labute approximate surface area is 201 Å². The number of hydrogen-bond donors (Lipinski definition) is 1. The standard InChI is InChI=1S/C22H19Cl2N5O3S/c1-13-8-20(19(24)10-18(13)23)33(30,31)28-16-4-6-17(7-5-16)32-22-11-21(25-12-26-22)29-15(3)9-14(2)27-29/h4-12,28H,1-3H3. The number of rotatable bonds is 6. The van der Waals surface area contributed by atoms with E-state index in [1.54, 1.807) is 41.9 Å². The van der Waals surface area contributed by atoms with E-state index in [2.05, 4.69) is 19.8 Å². The number of ether oxygens (including phenoxy) is 1. The van der Waals surface area contributed by atoms with Crippen LogP contribution >= 0.6 is 23.2 Å². The third-order valence-corrected chi connectivity index (χ3v) is 6.94. The van der Waals surface area contributed by atoms with Crippen LogP contribution in [0.4, 0.5) is 5.69 Å². The highest BCUT2D eigenvalue weighted by molar-refractivity contribution is 7.92. The van der Waals surface area contributed by atoms with Gasteiger partial charge in [-0.2, -0.15) is 5.10 Å². The van der Waals surface area contributed by atoms with Crippen molar-refractivity contribution in [1.29, 1.82) is 0 Å². The highest BCUT2D eigenvalue weighted by atomic mass is 35.5. The van der Waals surface area contributed by atoms with Crippen molar-refractivity contribution in [1.82, 2.24) is 19.7 Å². The van der Waals surface area contributed by atoms with Crippen molar-refractivity contribution in [2.24, 2.45) is 0 Å². The van der Waals surface area contributed by atoms with Crippen molar-refractivity contribution >= 4 is 38.9 Å². The smallest absolute Gasteiger partial charge is 0.263 e. The van der Waals surface area contributed by atoms with Gasteiger partial charge in [-0.05, 0) is 68.8 Å². The molecule has 2 aromatic carbocycles. The van der Waals surface area contributed by atoms with Crippen molar-refractivity contribution in [2.45, 2.75) is 25.7 Å². The van der Waals surface area contributed by atoms with Gasteiger partial charge in [0, 0.05) is 22.5 Å². The topological polar surface area (TPSA) is 99.0 Å². The first kappa shape index (κ1) is 23.0. The number of hydrogen-bond acceptors (Lipinski definition) is 6. The van der Waals surface area contributed by atoms with Crippen molar-refractivity contribution in [3.63, 3.8) is 0 Å². The summed E-state index contributed by atoms with van der Waals surface area (Å²) >= 11 is 12.1. The SMILES string of the molecule is Cc1cc(C)n(-c2cc(Oc3ccc(NS(=O)(=O)c4cc(C)c(Cl)cc4Cl)cc3)ncn2)n1. The van der Waals surface area contributed by atoms with Crippen molar-refractivity contribution in [2.75, 3.05) is 4.72 Å². The fourth-order valence-electron chi connectivity index (χ4n) is 3.12. The van der Waals surface area contributed by atoms with Crippen molar-refractivity contribution in [3.05, 3.63) is 81.9 Å². The molecule has 2 aromatic heterocycles. The molecule has 0 fully saturated rings. The second-order valence-corrected chi connectivity index (χ2v) is 9.78. The molecule has 8 nitrogen and oxygen atoms in total. The van der Waals surface area contributed by atoms with E-state index in [-0.39, 0.29) is 9.92 Å². The third kappa shape index (κ3) is 5.11. The molecular formula is C22H19Cl2N5O3S. The Morgan fingerprint density at radius 2 is 1.67 bits per heavy atom. The summed E-state index contributed by atoms with van der Waals surface area (Å²) in [5, 5.41) is 4.84. The summed E-state index contributed by atoms with van der Waals surface area (Å²) in [5.41, 5.74) is 2.76. The molecule has 2 heterocycles. The van der Waals surface area contributed by atoms with E-state index in [4.69, 9.17) is 27.9 Å². The molecule has 0 spiro atoms. The third-order valence-electron chi connectivity index (χ3n) is 4.69. The number of nitrogens with one attached hydrogen (secondary N) is 1. The molecule has 0 bridgehead atoms. The van der Waals surface area contributed by atoms with Crippen LogP contribution in [0.5, 0.6) is 11.6 Å². The van der Waals surface area contributed by atoms with E-state index in [1.807, 2.05) is 19.9 Å². The van der Waals surface area contributed by atoms with E-state index in [0.29, 0.717) is 33.7 Å². The van der Waals surface area contributed by atoms with E-state index in [0.717, 1.165) is 11.4 Å². The Hall–Kier alpha value is -3.14. The first-order valence-corrected chi connectivity index (χ1v) is 12.0. The molecule has 170 valence electrons. The molecule has 4 rings (SSSR count). The molecule has 0 saturated carbocycles. The Morgan fingerprint density at radius 1 is 0.939 bits per heavy atom. The van der Waals surface area contributed by atoms with E-state index >= 15 is 0 Å². The second-order valence-electron chi connectivity index (χ2n) is 7.32. The minimum Gasteiger partial charge on any atom is -0.439 e. The zero-order valence-electron chi connectivity index (χ0n) is 17.9. The van der Waals surface area contributed by atoms with Gasteiger partial charge in [0.2, 0.25) is 5.88 Å². The highest BCUT2D eigenvalue weighted by Crippen LogP contribution is 2.30. The van der Waals surface area contributed by atoms with E-state index < -0.39 is 10.0 Å². The van der Waals surface area contributed by atoms with Gasteiger partial charge in [-0.15, -0.1) is 0 Å². The van der Waals surface area contributed by atoms with Crippen LogP contribution in [0, 0.1) is 20.8 Å². The summed E-state index contributed by atoms with van der Waals surface area (Å²) < 4.78 is 35.5. The first-order valence-electron chi connectivity index (χ1n) is 9.74. The van der Waals surface area contributed by atoms with Crippen LogP contribution in [-0.4, -0.2) is 28.2 Å². The van der Waals surface area contributed by atoms with Crippen LogP contribution in [0.2, 0.25) is 10.0 Å². The minimum absolute atomic E-state index is 0.0419. The molecule has 11 heteroatoms. The molecule has 0 atom stereocenters. The zero-order valence-corrected chi connectivity index (χ0v) is 20.2. The largest absolute Gasteiger partial charge is 0.439 e. The number of aryl methyl sites for hydroxylation is 3. The lowest BCUT2D eigenvalue weighted by molar-refractivity contribution is 0.460. The summed E-state index contributed by atoms with van der Waals surface area (Å²) in [7, 11) is -3.91. The van der Waals surface area contributed by atoms with E-state index in [1.165, 1.54) is 18.5 Å². The van der Waals surface area contributed by atoms with Gasteiger partial charge in [0.05, 0.1) is 10.7 Å². The minimum atomic E-state index is -3.91. The van der Waals surface area contributed by atoms with Crippen LogP contribution < -0.4 is 9.46 Å². The molecule has 0 aliphatic rings. The lowest BCUT2D eigenvalue weighted by Gasteiger charge is -2.12. The number of anilines is 1. The average molecular weight is 504 g/mol. The number of benzene rings is 2. The summed E-state index contributed by atoms with van der Waals surface area (Å²) in [6.07, 6.45) is 1.39. The quantitative estimate of drug-likeness (QED) is 0.373. The predicted octanol–water partition coefficient (Wildman–Crippen LogP) is 5.49. The summed E-state index contributed by atoms with van der Waals surface area (Å²) in [6.45, 7) is 5.54. The second kappa shape index (κ2) is 9.01. The molecule has 0 aliphatic heterocycles. The van der Waals surface area contributed by atoms with Gasteiger partial charge < -0.3 is 4.74 Å². The lowest BCUT2D eigenvalue weighted by atomic mass is 10.2. The molecule has 0 amide bonds.